The van der Waals surface area contributed by atoms with Gasteiger partial charge in [-0.3, -0.25) is 0 Å². The third kappa shape index (κ3) is 3.50. The number of hydrogen-bond acceptors (Lipinski definition) is 2. The van der Waals surface area contributed by atoms with Crippen LogP contribution in [0.5, 0.6) is 17.2 Å². The minimum atomic E-state index is 0.509. The van der Waals surface area contributed by atoms with Crippen molar-refractivity contribution in [1.82, 2.24) is 0 Å². The molecule has 0 atom stereocenters. The molecule has 0 fully saturated rings. The lowest BCUT2D eigenvalue weighted by atomic mass is 10.3. The molecule has 0 spiro atoms. The van der Waals surface area contributed by atoms with E-state index in [2.05, 4.69) is 29.2 Å². The van der Waals surface area contributed by atoms with Gasteiger partial charge in [0, 0.05) is 0 Å². The SMILES string of the molecule is C=CCOc1ccc(Oc2ccccc2)cc1I. The minimum absolute atomic E-state index is 0.509. The Kier molecular flexibility index (Phi) is 4.64. The zero-order valence-electron chi connectivity index (χ0n) is 9.80. The molecule has 0 aliphatic carbocycles. The van der Waals surface area contributed by atoms with Gasteiger partial charge in [0.1, 0.15) is 23.9 Å². The quantitative estimate of drug-likeness (QED) is 0.576. The van der Waals surface area contributed by atoms with Gasteiger partial charge in [-0.2, -0.15) is 0 Å². The van der Waals surface area contributed by atoms with Gasteiger partial charge in [-0.25, -0.2) is 0 Å². The van der Waals surface area contributed by atoms with E-state index in [-0.39, 0.29) is 0 Å². The van der Waals surface area contributed by atoms with Crippen LogP contribution in [0, 0.1) is 3.57 Å². The van der Waals surface area contributed by atoms with Gasteiger partial charge in [-0.05, 0) is 52.9 Å². The summed E-state index contributed by atoms with van der Waals surface area (Å²) in [5, 5.41) is 0. The van der Waals surface area contributed by atoms with Gasteiger partial charge in [-0.1, -0.05) is 30.9 Å². The third-order valence-electron chi connectivity index (χ3n) is 2.24. The number of ether oxygens (including phenoxy) is 2. The maximum Gasteiger partial charge on any atom is 0.133 e. The van der Waals surface area contributed by atoms with E-state index in [1.165, 1.54) is 0 Å². The molecule has 3 heteroatoms. The van der Waals surface area contributed by atoms with Crippen LogP contribution in [0.3, 0.4) is 0 Å². The lowest BCUT2D eigenvalue weighted by Gasteiger charge is -2.09. The summed E-state index contributed by atoms with van der Waals surface area (Å²) in [6.07, 6.45) is 1.73. The Morgan fingerprint density at radius 2 is 1.83 bits per heavy atom. The molecule has 0 N–H and O–H groups in total. The van der Waals surface area contributed by atoms with Crippen molar-refractivity contribution in [3.05, 3.63) is 64.8 Å². The molecule has 18 heavy (non-hydrogen) atoms. The number of rotatable bonds is 5. The van der Waals surface area contributed by atoms with Crippen LogP contribution >= 0.6 is 22.6 Å². The Bertz CT molecular complexity index is 523. The molecule has 2 aromatic carbocycles. The molecule has 0 amide bonds. The fourth-order valence-corrected chi connectivity index (χ4v) is 2.08. The van der Waals surface area contributed by atoms with Crippen LogP contribution in [0.4, 0.5) is 0 Å². The van der Waals surface area contributed by atoms with Gasteiger partial charge in [0.25, 0.3) is 0 Å². The summed E-state index contributed by atoms with van der Waals surface area (Å²) in [6.45, 7) is 4.14. The van der Waals surface area contributed by atoms with Gasteiger partial charge >= 0.3 is 0 Å². The molecule has 2 nitrogen and oxygen atoms in total. The Morgan fingerprint density at radius 3 is 2.50 bits per heavy atom. The second kappa shape index (κ2) is 6.44. The molecule has 0 radical (unpaired) electrons. The predicted molar refractivity (Wildman–Crippen MR) is 81.4 cm³/mol. The standard InChI is InChI=1S/C15H13IO2/c1-2-10-17-15-9-8-13(11-14(15)16)18-12-6-4-3-5-7-12/h2-9,11H,1,10H2. The fraction of sp³-hybridized carbons (Fsp3) is 0.0667. The summed E-state index contributed by atoms with van der Waals surface area (Å²) in [5.41, 5.74) is 0. The normalized spacial score (nSPS) is 9.83. The van der Waals surface area contributed by atoms with Crippen LogP contribution in [0.2, 0.25) is 0 Å². The Balaban J connectivity index is 2.11. The van der Waals surface area contributed by atoms with E-state index in [4.69, 9.17) is 9.47 Å². The summed E-state index contributed by atoms with van der Waals surface area (Å²) in [7, 11) is 0. The highest BCUT2D eigenvalue weighted by atomic mass is 127. The Hall–Kier alpha value is -1.49. The van der Waals surface area contributed by atoms with E-state index in [1.807, 2.05) is 48.5 Å². The highest BCUT2D eigenvalue weighted by Crippen LogP contribution is 2.28. The molecular weight excluding hydrogens is 339 g/mol. The van der Waals surface area contributed by atoms with Crippen molar-refractivity contribution in [2.75, 3.05) is 6.61 Å². The second-order valence-electron chi connectivity index (χ2n) is 3.61. The van der Waals surface area contributed by atoms with E-state index < -0.39 is 0 Å². The molecule has 0 unspecified atom stereocenters. The number of hydrogen-bond donors (Lipinski definition) is 0. The number of halogens is 1. The van der Waals surface area contributed by atoms with Gasteiger partial charge in [0.2, 0.25) is 0 Å². The maximum absolute atomic E-state index is 5.74. The summed E-state index contributed by atoms with van der Waals surface area (Å²) in [4.78, 5) is 0. The average Bonchev–Trinajstić information content (AvgIpc) is 2.39. The van der Waals surface area contributed by atoms with Crippen molar-refractivity contribution >= 4 is 22.6 Å². The summed E-state index contributed by atoms with van der Waals surface area (Å²) in [5.74, 6) is 2.47. The van der Waals surface area contributed by atoms with Crippen LogP contribution in [-0.4, -0.2) is 6.61 Å². The van der Waals surface area contributed by atoms with Gasteiger partial charge in [-0.15, -0.1) is 0 Å². The van der Waals surface area contributed by atoms with Crippen molar-refractivity contribution in [2.24, 2.45) is 0 Å². The zero-order valence-corrected chi connectivity index (χ0v) is 12.0. The summed E-state index contributed by atoms with van der Waals surface area (Å²) in [6, 6.07) is 15.5. The number of benzene rings is 2. The van der Waals surface area contributed by atoms with Crippen LogP contribution in [0.25, 0.3) is 0 Å². The minimum Gasteiger partial charge on any atom is -0.488 e. The van der Waals surface area contributed by atoms with Gasteiger partial charge in [0.15, 0.2) is 0 Å². The molecule has 2 aromatic rings. The number of para-hydroxylation sites is 1. The van der Waals surface area contributed by atoms with E-state index in [0.29, 0.717) is 6.61 Å². The highest BCUT2D eigenvalue weighted by molar-refractivity contribution is 14.1. The molecule has 0 saturated heterocycles. The van der Waals surface area contributed by atoms with Gasteiger partial charge in [0.05, 0.1) is 3.57 Å². The van der Waals surface area contributed by atoms with Crippen LogP contribution in [0.15, 0.2) is 61.2 Å². The Morgan fingerprint density at radius 1 is 1.06 bits per heavy atom. The van der Waals surface area contributed by atoms with Crippen molar-refractivity contribution in [3.8, 4) is 17.2 Å². The van der Waals surface area contributed by atoms with E-state index in [9.17, 15) is 0 Å². The molecule has 0 saturated carbocycles. The van der Waals surface area contributed by atoms with Crippen molar-refractivity contribution in [2.45, 2.75) is 0 Å². The van der Waals surface area contributed by atoms with E-state index in [0.717, 1.165) is 20.8 Å². The van der Waals surface area contributed by atoms with Crippen molar-refractivity contribution in [3.63, 3.8) is 0 Å². The van der Waals surface area contributed by atoms with Crippen molar-refractivity contribution < 1.29 is 9.47 Å². The molecule has 92 valence electrons. The monoisotopic (exact) mass is 352 g/mol. The first kappa shape index (κ1) is 13.0. The van der Waals surface area contributed by atoms with Gasteiger partial charge < -0.3 is 9.47 Å². The first-order chi connectivity index (χ1) is 8.79. The fourth-order valence-electron chi connectivity index (χ4n) is 1.44. The smallest absolute Gasteiger partial charge is 0.133 e. The van der Waals surface area contributed by atoms with Crippen LogP contribution < -0.4 is 9.47 Å². The Labute approximate surface area is 120 Å². The molecule has 0 aromatic heterocycles. The first-order valence-corrected chi connectivity index (χ1v) is 6.63. The molecule has 0 aliphatic rings. The molecule has 0 aliphatic heterocycles. The third-order valence-corrected chi connectivity index (χ3v) is 3.08. The molecule has 0 bridgehead atoms. The largest absolute Gasteiger partial charge is 0.488 e. The second-order valence-corrected chi connectivity index (χ2v) is 4.77. The van der Waals surface area contributed by atoms with Crippen LogP contribution in [0.1, 0.15) is 0 Å². The lowest BCUT2D eigenvalue weighted by molar-refractivity contribution is 0.359. The lowest BCUT2D eigenvalue weighted by Crippen LogP contribution is -1.95. The average molecular weight is 352 g/mol. The topological polar surface area (TPSA) is 18.5 Å². The van der Waals surface area contributed by atoms with Crippen molar-refractivity contribution in [1.29, 1.82) is 0 Å². The molecule has 0 heterocycles. The van der Waals surface area contributed by atoms with Crippen LogP contribution in [-0.2, 0) is 0 Å². The van der Waals surface area contributed by atoms with E-state index >= 15 is 0 Å². The maximum atomic E-state index is 5.74. The zero-order chi connectivity index (χ0) is 12.8. The molecule has 2 rings (SSSR count). The predicted octanol–water partition coefficient (Wildman–Crippen LogP) is 4.65. The summed E-state index contributed by atoms with van der Waals surface area (Å²) >= 11 is 2.23. The highest BCUT2D eigenvalue weighted by Gasteiger charge is 2.03. The first-order valence-electron chi connectivity index (χ1n) is 5.56. The summed E-state index contributed by atoms with van der Waals surface area (Å²) < 4.78 is 12.3. The van der Waals surface area contributed by atoms with E-state index in [1.54, 1.807) is 6.08 Å². The molecular formula is C15H13IO2.